The van der Waals surface area contributed by atoms with Gasteiger partial charge in [-0.05, 0) is 17.9 Å². The maximum Gasteiger partial charge on any atom is 0.267 e. The SMILES string of the molecule is CSc1ccnc(C(N)=O)c1-c1ccccc1. The smallest absolute Gasteiger partial charge is 0.267 e. The molecule has 1 aromatic carbocycles. The van der Waals surface area contributed by atoms with Gasteiger partial charge in [0, 0.05) is 16.7 Å². The summed E-state index contributed by atoms with van der Waals surface area (Å²) >= 11 is 1.57. The third kappa shape index (κ3) is 2.31. The largest absolute Gasteiger partial charge is 0.364 e. The minimum absolute atomic E-state index is 0.322. The van der Waals surface area contributed by atoms with Crippen molar-refractivity contribution in [2.45, 2.75) is 4.90 Å². The van der Waals surface area contributed by atoms with Gasteiger partial charge in [-0.3, -0.25) is 9.78 Å². The van der Waals surface area contributed by atoms with E-state index in [1.165, 1.54) is 0 Å². The summed E-state index contributed by atoms with van der Waals surface area (Å²) in [6.45, 7) is 0. The first-order valence-corrected chi connectivity index (χ1v) is 6.34. The lowest BCUT2D eigenvalue weighted by molar-refractivity contribution is 0.0996. The van der Waals surface area contributed by atoms with Gasteiger partial charge in [0.05, 0.1) is 0 Å². The Hall–Kier alpha value is -1.81. The van der Waals surface area contributed by atoms with E-state index in [0.717, 1.165) is 16.0 Å². The first-order chi connectivity index (χ1) is 8.24. The van der Waals surface area contributed by atoms with E-state index < -0.39 is 5.91 Å². The van der Waals surface area contributed by atoms with Crippen molar-refractivity contribution in [2.75, 3.05) is 6.26 Å². The Morgan fingerprint density at radius 2 is 1.94 bits per heavy atom. The number of hydrogen-bond donors (Lipinski definition) is 1. The second kappa shape index (κ2) is 5.01. The average molecular weight is 244 g/mol. The van der Waals surface area contributed by atoms with E-state index in [4.69, 9.17) is 5.73 Å². The van der Waals surface area contributed by atoms with Crippen molar-refractivity contribution < 1.29 is 4.79 Å². The summed E-state index contributed by atoms with van der Waals surface area (Å²) in [4.78, 5) is 16.5. The minimum atomic E-state index is -0.500. The molecule has 3 nitrogen and oxygen atoms in total. The molecule has 2 N–H and O–H groups in total. The summed E-state index contributed by atoms with van der Waals surface area (Å²) in [5, 5.41) is 0. The summed E-state index contributed by atoms with van der Waals surface area (Å²) in [5.41, 5.74) is 7.46. The van der Waals surface area contributed by atoms with Crippen LogP contribution in [0.5, 0.6) is 0 Å². The number of hydrogen-bond acceptors (Lipinski definition) is 3. The molecule has 0 saturated carbocycles. The Bertz CT molecular complexity index is 540. The molecule has 4 heteroatoms. The Kier molecular flexibility index (Phi) is 3.44. The first kappa shape index (κ1) is 11.7. The number of pyridine rings is 1. The number of amides is 1. The molecule has 1 amide bonds. The lowest BCUT2D eigenvalue weighted by Crippen LogP contribution is -2.14. The van der Waals surface area contributed by atoms with Crippen molar-refractivity contribution in [1.82, 2.24) is 4.98 Å². The molecule has 0 atom stereocenters. The lowest BCUT2D eigenvalue weighted by atomic mass is 10.0. The molecular formula is C13H12N2OS. The van der Waals surface area contributed by atoms with Crippen molar-refractivity contribution in [1.29, 1.82) is 0 Å². The lowest BCUT2D eigenvalue weighted by Gasteiger charge is -2.10. The normalized spacial score (nSPS) is 10.2. The van der Waals surface area contributed by atoms with Crippen molar-refractivity contribution in [3.63, 3.8) is 0 Å². The predicted octanol–water partition coefficient (Wildman–Crippen LogP) is 2.57. The fourth-order valence-electron chi connectivity index (χ4n) is 1.68. The molecule has 2 rings (SSSR count). The molecule has 86 valence electrons. The summed E-state index contributed by atoms with van der Waals surface area (Å²) in [7, 11) is 0. The highest BCUT2D eigenvalue weighted by molar-refractivity contribution is 7.98. The van der Waals surface area contributed by atoms with Crippen molar-refractivity contribution in [2.24, 2.45) is 5.73 Å². The zero-order valence-electron chi connectivity index (χ0n) is 9.38. The molecule has 0 fully saturated rings. The Morgan fingerprint density at radius 3 is 2.53 bits per heavy atom. The average Bonchev–Trinajstić information content (AvgIpc) is 2.38. The van der Waals surface area contributed by atoms with Crippen LogP contribution < -0.4 is 5.73 Å². The van der Waals surface area contributed by atoms with Gasteiger partial charge >= 0.3 is 0 Å². The Balaban J connectivity index is 2.69. The highest BCUT2D eigenvalue weighted by atomic mass is 32.2. The molecule has 0 radical (unpaired) electrons. The summed E-state index contributed by atoms with van der Waals surface area (Å²) in [5.74, 6) is -0.500. The topological polar surface area (TPSA) is 56.0 Å². The highest BCUT2D eigenvalue weighted by Crippen LogP contribution is 2.31. The van der Waals surface area contributed by atoms with Crippen LogP contribution in [0.4, 0.5) is 0 Å². The van der Waals surface area contributed by atoms with Crippen LogP contribution in [0.2, 0.25) is 0 Å². The van der Waals surface area contributed by atoms with Gasteiger partial charge in [-0.1, -0.05) is 30.3 Å². The second-order valence-corrected chi connectivity index (χ2v) is 4.32. The van der Waals surface area contributed by atoms with Crippen LogP contribution in [-0.2, 0) is 0 Å². The minimum Gasteiger partial charge on any atom is -0.364 e. The molecule has 0 aliphatic heterocycles. The highest BCUT2D eigenvalue weighted by Gasteiger charge is 2.15. The van der Waals surface area contributed by atoms with E-state index in [-0.39, 0.29) is 0 Å². The molecule has 1 aromatic heterocycles. The van der Waals surface area contributed by atoms with Crippen LogP contribution in [0.15, 0.2) is 47.5 Å². The van der Waals surface area contributed by atoms with E-state index in [0.29, 0.717) is 5.69 Å². The van der Waals surface area contributed by atoms with E-state index in [1.54, 1.807) is 18.0 Å². The fourth-order valence-corrected chi connectivity index (χ4v) is 2.30. The fraction of sp³-hybridized carbons (Fsp3) is 0.0769. The van der Waals surface area contributed by atoms with E-state index in [9.17, 15) is 4.79 Å². The van der Waals surface area contributed by atoms with Gasteiger partial charge in [-0.2, -0.15) is 0 Å². The number of thioether (sulfide) groups is 1. The van der Waals surface area contributed by atoms with E-state index in [2.05, 4.69) is 4.98 Å². The van der Waals surface area contributed by atoms with E-state index in [1.807, 2.05) is 42.7 Å². The maximum absolute atomic E-state index is 11.4. The molecule has 0 spiro atoms. The molecule has 0 unspecified atom stereocenters. The van der Waals surface area contributed by atoms with Gasteiger partial charge in [0.25, 0.3) is 5.91 Å². The number of benzene rings is 1. The van der Waals surface area contributed by atoms with Crippen molar-refractivity contribution in [3.05, 3.63) is 48.3 Å². The van der Waals surface area contributed by atoms with Gasteiger partial charge in [-0.15, -0.1) is 11.8 Å². The van der Waals surface area contributed by atoms with Gasteiger partial charge in [0.15, 0.2) is 0 Å². The predicted molar refractivity (Wildman–Crippen MR) is 70.0 cm³/mol. The zero-order chi connectivity index (χ0) is 12.3. The number of nitrogens with zero attached hydrogens (tertiary/aromatic N) is 1. The van der Waals surface area contributed by atoms with Crippen LogP contribution >= 0.6 is 11.8 Å². The van der Waals surface area contributed by atoms with E-state index >= 15 is 0 Å². The zero-order valence-corrected chi connectivity index (χ0v) is 10.2. The standard InChI is InChI=1S/C13H12N2OS/c1-17-10-7-8-15-12(13(14)16)11(10)9-5-3-2-4-6-9/h2-8H,1H3,(H2,14,16). The molecule has 1 heterocycles. The quantitative estimate of drug-likeness (QED) is 0.844. The van der Waals surface area contributed by atoms with Crippen LogP contribution in [0, 0.1) is 0 Å². The third-order valence-electron chi connectivity index (χ3n) is 2.43. The summed E-state index contributed by atoms with van der Waals surface area (Å²) in [6, 6.07) is 11.6. The second-order valence-electron chi connectivity index (χ2n) is 3.47. The molecule has 0 saturated heterocycles. The molecule has 0 bridgehead atoms. The molecule has 2 aromatic rings. The number of rotatable bonds is 3. The van der Waals surface area contributed by atoms with Crippen molar-refractivity contribution >= 4 is 17.7 Å². The summed E-state index contributed by atoms with van der Waals surface area (Å²) in [6.07, 6.45) is 3.57. The van der Waals surface area contributed by atoms with Gasteiger partial charge in [0.2, 0.25) is 0 Å². The number of aromatic nitrogens is 1. The molecular weight excluding hydrogens is 232 g/mol. The number of carbonyl (C=O) groups is 1. The van der Waals surface area contributed by atoms with Crippen molar-refractivity contribution in [3.8, 4) is 11.1 Å². The van der Waals surface area contributed by atoms with Gasteiger partial charge in [-0.25, -0.2) is 0 Å². The molecule has 0 aliphatic carbocycles. The van der Waals surface area contributed by atoms with Gasteiger partial charge in [0.1, 0.15) is 5.69 Å². The van der Waals surface area contributed by atoms with Crippen LogP contribution in [0.25, 0.3) is 11.1 Å². The first-order valence-electron chi connectivity index (χ1n) is 5.12. The molecule has 17 heavy (non-hydrogen) atoms. The number of primary amides is 1. The number of nitrogens with two attached hydrogens (primary N) is 1. The van der Waals surface area contributed by atoms with Crippen LogP contribution in [0.3, 0.4) is 0 Å². The van der Waals surface area contributed by atoms with Crippen LogP contribution in [-0.4, -0.2) is 17.1 Å². The Morgan fingerprint density at radius 1 is 1.24 bits per heavy atom. The van der Waals surface area contributed by atoms with Gasteiger partial charge < -0.3 is 5.73 Å². The maximum atomic E-state index is 11.4. The summed E-state index contributed by atoms with van der Waals surface area (Å²) < 4.78 is 0. The van der Waals surface area contributed by atoms with Crippen LogP contribution in [0.1, 0.15) is 10.5 Å². The number of carbonyl (C=O) groups excluding carboxylic acids is 1. The Labute approximate surface area is 104 Å². The monoisotopic (exact) mass is 244 g/mol. The third-order valence-corrected chi connectivity index (χ3v) is 3.21. The molecule has 0 aliphatic rings.